The number of hydrogen-bond acceptors (Lipinski definition) is 7. The second kappa shape index (κ2) is 7.56. The van der Waals surface area contributed by atoms with Crippen molar-refractivity contribution >= 4 is 17.6 Å². The predicted molar refractivity (Wildman–Crippen MR) is 95.1 cm³/mol. The SMILES string of the molecule is CC(C)(C)c1noc(N2CCC(CCOc3cnc(Cl)nc3)CC2)n1. The summed E-state index contributed by atoms with van der Waals surface area (Å²) in [6.07, 6.45) is 6.38. The number of halogens is 1. The van der Waals surface area contributed by atoms with Gasteiger partial charge in [0.15, 0.2) is 11.6 Å². The average molecular weight is 366 g/mol. The quantitative estimate of drug-likeness (QED) is 0.750. The molecule has 0 aliphatic carbocycles. The van der Waals surface area contributed by atoms with Crippen LogP contribution in [0.4, 0.5) is 6.01 Å². The largest absolute Gasteiger partial charge is 0.490 e. The number of ether oxygens (including phenoxy) is 1. The Morgan fingerprint density at radius 2 is 1.92 bits per heavy atom. The zero-order valence-corrected chi connectivity index (χ0v) is 15.7. The van der Waals surface area contributed by atoms with E-state index in [0.29, 0.717) is 24.3 Å². The fourth-order valence-corrected chi connectivity index (χ4v) is 2.88. The van der Waals surface area contributed by atoms with Gasteiger partial charge in [0.2, 0.25) is 5.28 Å². The molecule has 0 aromatic carbocycles. The van der Waals surface area contributed by atoms with E-state index in [1.807, 2.05) is 0 Å². The Kier molecular flexibility index (Phi) is 5.42. The standard InChI is InChI=1S/C17H24ClN5O2/c1-17(2,3)14-21-16(25-22-14)23-7-4-12(5-8-23)6-9-24-13-10-19-15(18)20-11-13/h10-12H,4-9H2,1-3H3. The van der Waals surface area contributed by atoms with Gasteiger partial charge in [-0.25, -0.2) is 9.97 Å². The Morgan fingerprint density at radius 1 is 1.24 bits per heavy atom. The first kappa shape index (κ1) is 17.9. The molecule has 3 rings (SSSR count). The van der Waals surface area contributed by atoms with Crippen LogP contribution < -0.4 is 9.64 Å². The summed E-state index contributed by atoms with van der Waals surface area (Å²) in [5.41, 5.74) is -0.0945. The highest BCUT2D eigenvalue weighted by Gasteiger charge is 2.26. The molecule has 7 nitrogen and oxygen atoms in total. The fourth-order valence-electron chi connectivity index (χ4n) is 2.78. The van der Waals surface area contributed by atoms with Crippen molar-refractivity contribution in [3.63, 3.8) is 0 Å². The molecule has 1 aliphatic heterocycles. The van der Waals surface area contributed by atoms with Crippen LogP contribution in [0.1, 0.15) is 45.9 Å². The minimum Gasteiger partial charge on any atom is -0.490 e. The van der Waals surface area contributed by atoms with Crippen LogP contribution in [0, 0.1) is 5.92 Å². The number of nitrogens with zero attached hydrogens (tertiary/aromatic N) is 5. The molecule has 3 heterocycles. The van der Waals surface area contributed by atoms with Crippen molar-refractivity contribution in [1.29, 1.82) is 0 Å². The van der Waals surface area contributed by atoms with Crippen LogP contribution in [0.3, 0.4) is 0 Å². The van der Waals surface area contributed by atoms with E-state index < -0.39 is 0 Å². The van der Waals surface area contributed by atoms with Gasteiger partial charge in [-0.05, 0) is 36.8 Å². The Hall–Kier alpha value is -1.89. The molecule has 0 spiro atoms. The number of piperidine rings is 1. The maximum absolute atomic E-state index is 5.68. The summed E-state index contributed by atoms with van der Waals surface area (Å²) < 4.78 is 11.1. The summed E-state index contributed by atoms with van der Waals surface area (Å²) >= 11 is 5.66. The zero-order chi connectivity index (χ0) is 17.9. The smallest absolute Gasteiger partial charge is 0.324 e. The molecule has 0 bridgehead atoms. The van der Waals surface area contributed by atoms with Gasteiger partial charge < -0.3 is 14.2 Å². The lowest BCUT2D eigenvalue weighted by Crippen LogP contribution is -2.34. The summed E-state index contributed by atoms with van der Waals surface area (Å²) in [6.45, 7) is 8.77. The Labute approximate surface area is 152 Å². The van der Waals surface area contributed by atoms with Crippen molar-refractivity contribution in [3.05, 3.63) is 23.5 Å². The molecule has 2 aromatic rings. The van der Waals surface area contributed by atoms with Gasteiger partial charge >= 0.3 is 6.01 Å². The van der Waals surface area contributed by atoms with Gasteiger partial charge in [0.1, 0.15) is 0 Å². The minimum atomic E-state index is -0.0945. The van der Waals surface area contributed by atoms with Crippen molar-refractivity contribution < 1.29 is 9.26 Å². The van der Waals surface area contributed by atoms with Gasteiger partial charge in [-0.2, -0.15) is 4.98 Å². The Bertz CT molecular complexity index is 675. The summed E-state index contributed by atoms with van der Waals surface area (Å²) in [5.74, 6) is 2.04. The predicted octanol–water partition coefficient (Wildman–Crippen LogP) is 3.50. The van der Waals surface area contributed by atoms with Gasteiger partial charge in [0.25, 0.3) is 0 Å². The van der Waals surface area contributed by atoms with Crippen LogP contribution in [-0.4, -0.2) is 39.8 Å². The van der Waals surface area contributed by atoms with E-state index in [2.05, 4.69) is 45.8 Å². The molecule has 0 atom stereocenters. The van der Waals surface area contributed by atoms with E-state index in [1.165, 1.54) is 0 Å². The minimum absolute atomic E-state index is 0.0945. The van der Waals surface area contributed by atoms with Gasteiger partial charge in [0, 0.05) is 18.5 Å². The van der Waals surface area contributed by atoms with E-state index >= 15 is 0 Å². The maximum atomic E-state index is 5.68. The van der Waals surface area contributed by atoms with Crippen molar-refractivity contribution in [2.24, 2.45) is 5.92 Å². The molecule has 0 N–H and O–H groups in total. The lowest BCUT2D eigenvalue weighted by molar-refractivity contribution is 0.254. The maximum Gasteiger partial charge on any atom is 0.324 e. The normalized spacial score (nSPS) is 16.2. The summed E-state index contributed by atoms with van der Waals surface area (Å²) in [7, 11) is 0. The number of anilines is 1. The highest BCUT2D eigenvalue weighted by Crippen LogP contribution is 2.26. The van der Waals surface area contributed by atoms with E-state index in [1.54, 1.807) is 12.4 Å². The number of rotatable bonds is 5. The van der Waals surface area contributed by atoms with E-state index in [0.717, 1.165) is 38.2 Å². The first-order valence-electron chi connectivity index (χ1n) is 8.61. The van der Waals surface area contributed by atoms with Crippen molar-refractivity contribution in [2.75, 3.05) is 24.6 Å². The molecule has 25 heavy (non-hydrogen) atoms. The number of hydrogen-bond donors (Lipinski definition) is 0. The molecule has 1 saturated heterocycles. The molecule has 0 radical (unpaired) electrons. The molecule has 0 amide bonds. The first-order valence-corrected chi connectivity index (χ1v) is 8.99. The van der Waals surface area contributed by atoms with Gasteiger partial charge in [-0.15, -0.1) is 0 Å². The van der Waals surface area contributed by atoms with Crippen LogP contribution in [0.25, 0.3) is 0 Å². The first-order chi connectivity index (χ1) is 11.9. The third-order valence-corrected chi connectivity index (χ3v) is 4.56. The van der Waals surface area contributed by atoms with Crippen LogP contribution >= 0.6 is 11.6 Å². The second-order valence-corrected chi connectivity index (χ2v) is 7.74. The van der Waals surface area contributed by atoms with Crippen LogP contribution in [0.5, 0.6) is 5.75 Å². The van der Waals surface area contributed by atoms with Gasteiger partial charge in [0.05, 0.1) is 19.0 Å². The third-order valence-electron chi connectivity index (χ3n) is 4.36. The lowest BCUT2D eigenvalue weighted by atomic mass is 9.94. The monoisotopic (exact) mass is 365 g/mol. The molecule has 1 aliphatic rings. The average Bonchev–Trinajstić information content (AvgIpc) is 3.08. The molecule has 1 fully saturated rings. The zero-order valence-electron chi connectivity index (χ0n) is 14.9. The van der Waals surface area contributed by atoms with Crippen molar-refractivity contribution in [1.82, 2.24) is 20.1 Å². The van der Waals surface area contributed by atoms with Gasteiger partial charge in [-0.3, -0.25) is 0 Å². The van der Waals surface area contributed by atoms with Crippen LogP contribution in [0.15, 0.2) is 16.9 Å². The second-order valence-electron chi connectivity index (χ2n) is 7.41. The number of aromatic nitrogens is 4. The van der Waals surface area contributed by atoms with E-state index in [-0.39, 0.29) is 10.7 Å². The van der Waals surface area contributed by atoms with Gasteiger partial charge in [-0.1, -0.05) is 25.9 Å². The highest BCUT2D eigenvalue weighted by atomic mass is 35.5. The summed E-state index contributed by atoms with van der Waals surface area (Å²) in [5, 5.41) is 4.33. The summed E-state index contributed by atoms with van der Waals surface area (Å²) in [6, 6.07) is 0.637. The van der Waals surface area contributed by atoms with Crippen molar-refractivity contribution in [2.45, 2.75) is 45.4 Å². The van der Waals surface area contributed by atoms with E-state index in [4.69, 9.17) is 20.9 Å². The Balaban J connectivity index is 1.42. The molecular weight excluding hydrogens is 342 g/mol. The summed E-state index contributed by atoms with van der Waals surface area (Å²) in [4.78, 5) is 14.5. The highest BCUT2D eigenvalue weighted by molar-refractivity contribution is 6.28. The topological polar surface area (TPSA) is 77.2 Å². The molecule has 8 heteroatoms. The van der Waals surface area contributed by atoms with Crippen LogP contribution in [-0.2, 0) is 5.41 Å². The van der Waals surface area contributed by atoms with Crippen LogP contribution in [0.2, 0.25) is 5.28 Å². The molecule has 0 unspecified atom stereocenters. The molecular formula is C17H24ClN5O2. The fraction of sp³-hybridized carbons (Fsp3) is 0.647. The van der Waals surface area contributed by atoms with Crippen molar-refractivity contribution in [3.8, 4) is 5.75 Å². The third kappa shape index (κ3) is 4.81. The lowest BCUT2D eigenvalue weighted by Gasteiger charge is -2.30. The molecule has 0 saturated carbocycles. The molecule has 136 valence electrons. The molecule has 2 aromatic heterocycles. The Morgan fingerprint density at radius 3 is 2.52 bits per heavy atom. The van der Waals surface area contributed by atoms with E-state index in [9.17, 15) is 0 Å².